The van der Waals surface area contributed by atoms with Crippen molar-refractivity contribution >= 4 is 5.95 Å². The van der Waals surface area contributed by atoms with Crippen LogP contribution in [0.15, 0.2) is 0 Å². The minimum Gasteiger partial charge on any atom is -0.334 e. The third-order valence-electron chi connectivity index (χ3n) is 2.78. The number of aromatic nitrogens is 4. The second kappa shape index (κ2) is 2.97. The van der Waals surface area contributed by atoms with E-state index in [-0.39, 0.29) is 0 Å². The molecule has 2 atom stereocenters. The Morgan fingerprint density at radius 2 is 1.85 bits per heavy atom. The van der Waals surface area contributed by atoms with Crippen LogP contribution < -0.4 is 4.90 Å². The first-order valence-electron chi connectivity index (χ1n) is 4.71. The maximum atomic E-state index is 4.03. The average molecular weight is 181 g/mol. The number of nitrogens with zero attached hydrogens (tertiary/aromatic N) is 5. The van der Waals surface area contributed by atoms with Crippen LogP contribution in [0.1, 0.15) is 26.7 Å². The highest BCUT2D eigenvalue weighted by Crippen LogP contribution is 2.27. The van der Waals surface area contributed by atoms with Crippen molar-refractivity contribution in [3.63, 3.8) is 0 Å². The maximum Gasteiger partial charge on any atom is 0.245 e. The Morgan fingerprint density at radius 3 is 2.31 bits per heavy atom. The van der Waals surface area contributed by atoms with Gasteiger partial charge in [0.25, 0.3) is 0 Å². The number of tetrazole rings is 1. The fraction of sp³-hybridized carbons (Fsp3) is 0.875. The largest absolute Gasteiger partial charge is 0.334 e. The zero-order valence-electron chi connectivity index (χ0n) is 8.30. The summed E-state index contributed by atoms with van der Waals surface area (Å²) >= 11 is 0. The monoisotopic (exact) mass is 181 g/mol. The Hall–Kier alpha value is -1.13. The molecule has 2 rings (SSSR count). The molecule has 0 bridgehead atoms. The first kappa shape index (κ1) is 8.47. The quantitative estimate of drug-likeness (QED) is 0.636. The fourth-order valence-corrected chi connectivity index (χ4v) is 2.03. The second-order valence-corrected chi connectivity index (χ2v) is 3.79. The molecule has 0 N–H and O–H groups in total. The minimum atomic E-state index is 0.555. The Balaban J connectivity index is 2.29. The number of aryl methyl sites for hydroxylation is 1. The van der Waals surface area contributed by atoms with Gasteiger partial charge in [-0.05, 0) is 37.1 Å². The van der Waals surface area contributed by atoms with E-state index >= 15 is 0 Å². The summed E-state index contributed by atoms with van der Waals surface area (Å²) in [6.45, 7) is 4.44. The SMILES string of the molecule is CC1CCC(C)N1c1nnnn1C. The summed E-state index contributed by atoms with van der Waals surface area (Å²) in [4.78, 5) is 2.29. The predicted molar refractivity (Wildman–Crippen MR) is 49.4 cm³/mol. The molecule has 1 fully saturated rings. The average Bonchev–Trinajstić information content (AvgIpc) is 2.60. The summed E-state index contributed by atoms with van der Waals surface area (Å²) in [7, 11) is 1.88. The molecule has 5 nitrogen and oxygen atoms in total. The summed E-state index contributed by atoms with van der Waals surface area (Å²) in [6.07, 6.45) is 2.46. The van der Waals surface area contributed by atoms with Crippen molar-refractivity contribution in [2.45, 2.75) is 38.8 Å². The highest BCUT2D eigenvalue weighted by molar-refractivity contribution is 5.33. The van der Waals surface area contributed by atoms with Crippen molar-refractivity contribution in [3.8, 4) is 0 Å². The molecule has 1 saturated heterocycles. The van der Waals surface area contributed by atoms with Crippen LogP contribution in [0.5, 0.6) is 0 Å². The van der Waals surface area contributed by atoms with Crippen LogP contribution in [0.4, 0.5) is 5.95 Å². The molecular weight excluding hydrogens is 166 g/mol. The van der Waals surface area contributed by atoms with Gasteiger partial charge in [-0.15, -0.1) is 0 Å². The van der Waals surface area contributed by atoms with Crippen molar-refractivity contribution in [1.82, 2.24) is 20.2 Å². The van der Waals surface area contributed by atoms with E-state index in [2.05, 4.69) is 34.3 Å². The standard InChI is InChI=1S/C8H15N5/c1-6-4-5-7(2)13(6)8-9-10-11-12(8)3/h6-7H,4-5H2,1-3H3. The zero-order chi connectivity index (χ0) is 9.42. The van der Waals surface area contributed by atoms with Gasteiger partial charge in [-0.1, -0.05) is 5.10 Å². The molecule has 1 aromatic rings. The van der Waals surface area contributed by atoms with Gasteiger partial charge < -0.3 is 4.90 Å². The molecule has 0 radical (unpaired) electrons. The molecule has 13 heavy (non-hydrogen) atoms. The van der Waals surface area contributed by atoms with E-state index in [1.54, 1.807) is 4.68 Å². The van der Waals surface area contributed by atoms with Crippen LogP contribution in [0.2, 0.25) is 0 Å². The molecule has 5 heteroatoms. The Labute approximate surface area is 77.7 Å². The van der Waals surface area contributed by atoms with E-state index in [1.807, 2.05) is 7.05 Å². The van der Waals surface area contributed by atoms with Crippen molar-refractivity contribution in [1.29, 1.82) is 0 Å². The molecule has 2 heterocycles. The van der Waals surface area contributed by atoms with Crippen molar-refractivity contribution in [2.24, 2.45) is 7.05 Å². The molecule has 1 aliphatic heterocycles. The van der Waals surface area contributed by atoms with Gasteiger partial charge >= 0.3 is 0 Å². The maximum absolute atomic E-state index is 4.03. The Kier molecular flexibility index (Phi) is 1.94. The molecule has 0 spiro atoms. The lowest BCUT2D eigenvalue weighted by atomic mass is 10.2. The van der Waals surface area contributed by atoms with Gasteiger partial charge in [0.05, 0.1) is 0 Å². The first-order chi connectivity index (χ1) is 6.20. The summed E-state index contributed by atoms with van der Waals surface area (Å²) in [6, 6.07) is 1.11. The van der Waals surface area contributed by atoms with Crippen molar-refractivity contribution < 1.29 is 0 Å². The highest BCUT2D eigenvalue weighted by Gasteiger charge is 2.30. The summed E-state index contributed by atoms with van der Waals surface area (Å²) in [5.74, 6) is 0.887. The predicted octanol–water partition coefficient (Wildman–Crippen LogP) is 0.587. The Morgan fingerprint density at radius 1 is 1.23 bits per heavy atom. The van der Waals surface area contributed by atoms with Crippen LogP contribution in [-0.4, -0.2) is 32.3 Å². The highest BCUT2D eigenvalue weighted by atomic mass is 15.6. The van der Waals surface area contributed by atoms with Crippen molar-refractivity contribution in [2.75, 3.05) is 4.90 Å². The van der Waals surface area contributed by atoms with Crippen molar-refractivity contribution in [3.05, 3.63) is 0 Å². The van der Waals surface area contributed by atoms with E-state index < -0.39 is 0 Å². The molecule has 0 amide bonds. The van der Waals surface area contributed by atoms with Gasteiger partial charge in [0.15, 0.2) is 0 Å². The van der Waals surface area contributed by atoms with Gasteiger partial charge in [-0.3, -0.25) is 0 Å². The minimum absolute atomic E-state index is 0.555. The van der Waals surface area contributed by atoms with E-state index in [9.17, 15) is 0 Å². The van der Waals surface area contributed by atoms with Gasteiger partial charge in [-0.2, -0.15) is 0 Å². The zero-order valence-corrected chi connectivity index (χ0v) is 8.30. The van der Waals surface area contributed by atoms with Crippen LogP contribution in [0, 0.1) is 0 Å². The molecule has 2 unspecified atom stereocenters. The van der Waals surface area contributed by atoms with E-state index in [0.717, 1.165) is 5.95 Å². The van der Waals surface area contributed by atoms with Crippen LogP contribution >= 0.6 is 0 Å². The summed E-state index contributed by atoms with van der Waals surface area (Å²) in [5, 5.41) is 11.5. The lowest BCUT2D eigenvalue weighted by molar-refractivity contribution is 0.630. The smallest absolute Gasteiger partial charge is 0.245 e. The van der Waals surface area contributed by atoms with Crippen LogP contribution in [0.3, 0.4) is 0 Å². The van der Waals surface area contributed by atoms with E-state index in [0.29, 0.717) is 12.1 Å². The normalized spacial score (nSPS) is 28.4. The number of hydrogen-bond acceptors (Lipinski definition) is 4. The van der Waals surface area contributed by atoms with E-state index in [1.165, 1.54) is 12.8 Å². The molecule has 72 valence electrons. The third kappa shape index (κ3) is 1.28. The van der Waals surface area contributed by atoms with Gasteiger partial charge in [0.1, 0.15) is 0 Å². The summed E-state index contributed by atoms with van der Waals surface area (Å²) in [5.41, 5.74) is 0. The molecule has 0 saturated carbocycles. The van der Waals surface area contributed by atoms with Crippen LogP contribution in [0.25, 0.3) is 0 Å². The Bertz CT molecular complexity index is 284. The number of hydrogen-bond donors (Lipinski definition) is 0. The van der Waals surface area contributed by atoms with Crippen LogP contribution in [-0.2, 0) is 7.05 Å². The molecular formula is C8H15N5. The number of anilines is 1. The van der Waals surface area contributed by atoms with Gasteiger partial charge in [0.2, 0.25) is 5.95 Å². The number of rotatable bonds is 1. The summed E-state index contributed by atoms with van der Waals surface area (Å²) < 4.78 is 1.73. The second-order valence-electron chi connectivity index (χ2n) is 3.79. The van der Waals surface area contributed by atoms with Gasteiger partial charge in [-0.25, -0.2) is 4.68 Å². The lowest BCUT2D eigenvalue weighted by Crippen LogP contribution is -2.34. The first-order valence-corrected chi connectivity index (χ1v) is 4.71. The third-order valence-corrected chi connectivity index (χ3v) is 2.78. The molecule has 1 aliphatic rings. The topological polar surface area (TPSA) is 46.8 Å². The molecule has 0 aromatic carbocycles. The van der Waals surface area contributed by atoms with E-state index in [4.69, 9.17) is 0 Å². The van der Waals surface area contributed by atoms with Gasteiger partial charge in [0, 0.05) is 19.1 Å². The molecule has 0 aliphatic carbocycles. The fourth-order valence-electron chi connectivity index (χ4n) is 2.03. The molecule has 1 aromatic heterocycles. The lowest BCUT2D eigenvalue weighted by Gasteiger charge is -2.25.